The number of halogens is 1. The Morgan fingerprint density at radius 1 is 1.56 bits per heavy atom. The number of rotatable bonds is 4. The highest BCUT2D eigenvalue weighted by Gasteiger charge is 2.17. The van der Waals surface area contributed by atoms with E-state index in [1.165, 1.54) is 12.3 Å². The van der Waals surface area contributed by atoms with Crippen molar-refractivity contribution in [3.05, 3.63) is 29.8 Å². The number of amides is 1. The molecule has 1 heterocycles. The maximum Gasteiger partial charge on any atom is 0.256 e. The Morgan fingerprint density at radius 2 is 2.25 bits per heavy atom. The predicted molar refractivity (Wildman–Crippen MR) is 60.6 cm³/mol. The van der Waals surface area contributed by atoms with Crippen molar-refractivity contribution < 1.29 is 9.18 Å². The van der Waals surface area contributed by atoms with Gasteiger partial charge < -0.3 is 5.32 Å². The molecule has 1 rings (SSSR count). The molecule has 3 nitrogen and oxygen atoms in total. The lowest BCUT2D eigenvalue weighted by Crippen LogP contribution is -2.38. The van der Waals surface area contributed by atoms with Crippen LogP contribution in [0.5, 0.6) is 0 Å². The van der Waals surface area contributed by atoms with E-state index in [1.807, 2.05) is 20.8 Å². The molecule has 1 N–H and O–H groups in total. The third kappa shape index (κ3) is 3.02. The summed E-state index contributed by atoms with van der Waals surface area (Å²) in [5, 5.41) is 2.80. The number of nitrogens with one attached hydrogen (secondary N) is 1. The predicted octanol–water partition coefficient (Wildman–Crippen LogP) is 2.39. The molecule has 1 atom stereocenters. The SMILES string of the molecule is CCC(NC(=O)c1cccnc1F)C(C)C. The quantitative estimate of drug-likeness (QED) is 0.798. The van der Waals surface area contributed by atoms with Crippen molar-refractivity contribution in [2.75, 3.05) is 0 Å². The molecule has 0 aliphatic heterocycles. The van der Waals surface area contributed by atoms with Crippen LogP contribution in [0, 0.1) is 11.9 Å². The second kappa shape index (κ2) is 5.58. The third-order valence-corrected chi connectivity index (χ3v) is 2.56. The average molecular weight is 224 g/mol. The number of nitrogens with zero attached hydrogens (tertiary/aromatic N) is 1. The van der Waals surface area contributed by atoms with E-state index in [0.717, 1.165) is 6.42 Å². The zero-order valence-corrected chi connectivity index (χ0v) is 9.83. The summed E-state index contributed by atoms with van der Waals surface area (Å²) < 4.78 is 13.2. The molecule has 0 saturated heterocycles. The molecule has 0 aliphatic carbocycles. The van der Waals surface area contributed by atoms with Crippen molar-refractivity contribution >= 4 is 5.91 Å². The van der Waals surface area contributed by atoms with Gasteiger partial charge in [0, 0.05) is 12.2 Å². The van der Waals surface area contributed by atoms with Crippen LogP contribution in [0.4, 0.5) is 4.39 Å². The first kappa shape index (κ1) is 12.6. The van der Waals surface area contributed by atoms with E-state index in [9.17, 15) is 9.18 Å². The first-order valence-corrected chi connectivity index (χ1v) is 5.47. The molecular weight excluding hydrogens is 207 g/mol. The van der Waals surface area contributed by atoms with Crippen molar-refractivity contribution in [1.82, 2.24) is 10.3 Å². The Kier molecular flexibility index (Phi) is 4.40. The van der Waals surface area contributed by atoms with E-state index < -0.39 is 11.9 Å². The molecule has 16 heavy (non-hydrogen) atoms. The fourth-order valence-electron chi connectivity index (χ4n) is 1.54. The van der Waals surface area contributed by atoms with Crippen molar-refractivity contribution in [2.24, 2.45) is 5.92 Å². The lowest BCUT2D eigenvalue weighted by atomic mass is 10.0. The molecule has 88 valence electrons. The topological polar surface area (TPSA) is 42.0 Å². The van der Waals surface area contributed by atoms with E-state index >= 15 is 0 Å². The molecule has 0 aliphatic rings. The monoisotopic (exact) mass is 224 g/mol. The van der Waals surface area contributed by atoms with Crippen molar-refractivity contribution in [1.29, 1.82) is 0 Å². The summed E-state index contributed by atoms with van der Waals surface area (Å²) in [6.07, 6.45) is 2.15. The van der Waals surface area contributed by atoms with Gasteiger partial charge in [-0.2, -0.15) is 4.39 Å². The summed E-state index contributed by atoms with van der Waals surface area (Å²) in [6.45, 7) is 6.03. The Bertz CT molecular complexity index is 366. The standard InChI is InChI=1S/C12H17FN2O/c1-4-10(8(2)3)15-12(16)9-6-5-7-14-11(9)13/h5-8,10H,4H2,1-3H3,(H,15,16). The van der Waals surface area contributed by atoms with Gasteiger partial charge in [0.2, 0.25) is 5.95 Å². The van der Waals surface area contributed by atoms with Crippen LogP contribution in [0.2, 0.25) is 0 Å². The van der Waals surface area contributed by atoms with Gasteiger partial charge in [0.1, 0.15) is 0 Å². The maximum atomic E-state index is 13.2. The summed E-state index contributed by atoms with van der Waals surface area (Å²) >= 11 is 0. The summed E-state index contributed by atoms with van der Waals surface area (Å²) in [5.41, 5.74) is 0.00148. The molecule has 1 aromatic rings. The third-order valence-electron chi connectivity index (χ3n) is 2.56. The first-order valence-electron chi connectivity index (χ1n) is 5.47. The summed E-state index contributed by atoms with van der Waals surface area (Å²) in [5.74, 6) is -0.793. The van der Waals surface area contributed by atoms with Gasteiger partial charge in [-0.25, -0.2) is 4.98 Å². The minimum Gasteiger partial charge on any atom is -0.349 e. The van der Waals surface area contributed by atoms with E-state index in [0.29, 0.717) is 5.92 Å². The fraction of sp³-hybridized carbons (Fsp3) is 0.500. The summed E-state index contributed by atoms with van der Waals surface area (Å²) in [6, 6.07) is 3.05. The first-order chi connectivity index (χ1) is 7.56. The highest BCUT2D eigenvalue weighted by atomic mass is 19.1. The Morgan fingerprint density at radius 3 is 2.75 bits per heavy atom. The van der Waals surface area contributed by atoms with Crippen molar-refractivity contribution in [3.63, 3.8) is 0 Å². The van der Waals surface area contributed by atoms with E-state index in [4.69, 9.17) is 0 Å². The normalized spacial score (nSPS) is 12.6. The smallest absolute Gasteiger partial charge is 0.256 e. The van der Waals surface area contributed by atoms with Crippen LogP contribution in [0.25, 0.3) is 0 Å². The van der Waals surface area contributed by atoms with Crippen LogP contribution in [-0.2, 0) is 0 Å². The minimum absolute atomic E-state index is 0.00148. The number of pyridine rings is 1. The number of carbonyl (C=O) groups is 1. The Hall–Kier alpha value is -1.45. The number of hydrogen-bond donors (Lipinski definition) is 1. The van der Waals surface area contributed by atoms with E-state index in [2.05, 4.69) is 10.3 Å². The second-order valence-corrected chi connectivity index (χ2v) is 4.07. The van der Waals surface area contributed by atoms with Crippen molar-refractivity contribution in [3.8, 4) is 0 Å². The van der Waals surface area contributed by atoms with Gasteiger partial charge in [-0.05, 0) is 24.5 Å². The lowest BCUT2D eigenvalue weighted by Gasteiger charge is -2.20. The molecular formula is C12H17FN2O. The molecule has 0 fully saturated rings. The number of carbonyl (C=O) groups excluding carboxylic acids is 1. The average Bonchev–Trinajstić information content (AvgIpc) is 2.25. The highest BCUT2D eigenvalue weighted by molar-refractivity contribution is 5.94. The Labute approximate surface area is 95.1 Å². The molecule has 0 bridgehead atoms. The molecule has 4 heteroatoms. The lowest BCUT2D eigenvalue weighted by molar-refractivity contribution is 0.0919. The number of hydrogen-bond acceptors (Lipinski definition) is 2. The van der Waals surface area contributed by atoms with Gasteiger partial charge >= 0.3 is 0 Å². The van der Waals surface area contributed by atoms with Gasteiger partial charge in [0.25, 0.3) is 5.91 Å². The summed E-state index contributed by atoms with van der Waals surface area (Å²) in [4.78, 5) is 15.2. The fourth-order valence-corrected chi connectivity index (χ4v) is 1.54. The molecule has 0 spiro atoms. The van der Waals surface area contributed by atoms with Crippen LogP contribution in [-0.4, -0.2) is 16.9 Å². The Balaban J connectivity index is 2.76. The molecule has 1 aromatic heterocycles. The van der Waals surface area contributed by atoms with Crippen LogP contribution in [0.15, 0.2) is 18.3 Å². The molecule has 1 amide bonds. The van der Waals surface area contributed by atoms with Gasteiger partial charge in [0.15, 0.2) is 0 Å². The summed E-state index contributed by atoms with van der Waals surface area (Å²) in [7, 11) is 0. The van der Waals surface area contributed by atoms with Crippen molar-refractivity contribution in [2.45, 2.75) is 33.2 Å². The van der Waals surface area contributed by atoms with Gasteiger partial charge in [0.05, 0.1) is 5.56 Å². The van der Waals surface area contributed by atoms with E-state index in [-0.39, 0.29) is 11.6 Å². The largest absolute Gasteiger partial charge is 0.349 e. The van der Waals surface area contributed by atoms with Gasteiger partial charge in [-0.1, -0.05) is 20.8 Å². The van der Waals surface area contributed by atoms with Crippen LogP contribution < -0.4 is 5.32 Å². The van der Waals surface area contributed by atoms with Gasteiger partial charge in [-0.15, -0.1) is 0 Å². The molecule has 0 aromatic carbocycles. The second-order valence-electron chi connectivity index (χ2n) is 4.07. The maximum absolute atomic E-state index is 13.2. The zero-order chi connectivity index (χ0) is 12.1. The molecule has 0 saturated carbocycles. The van der Waals surface area contributed by atoms with Crippen LogP contribution in [0.3, 0.4) is 0 Å². The highest BCUT2D eigenvalue weighted by Crippen LogP contribution is 2.08. The van der Waals surface area contributed by atoms with E-state index in [1.54, 1.807) is 6.07 Å². The molecule has 1 unspecified atom stereocenters. The van der Waals surface area contributed by atoms with Gasteiger partial charge in [-0.3, -0.25) is 4.79 Å². The minimum atomic E-state index is -0.724. The molecule has 0 radical (unpaired) electrons. The zero-order valence-electron chi connectivity index (χ0n) is 9.83. The number of aromatic nitrogens is 1. The van der Waals surface area contributed by atoms with Crippen LogP contribution >= 0.6 is 0 Å². The van der Waals surface area contributed by atoms with Crippen LogP contribution in [0.1, 0.15) is 37.6 Å².